The van der Waals surface area contributed by atoms with Gasteiger partial charge in [-0.05, 0) is 6.42 Å². The normalized spacial score (nSPS) is 12.2. The molecule has 15 heavy (non-hydrogen) atoms. The minimum atomic E-state index is -0.541. The summed E-state index contributed by atoms with van der Waals surface area (Å²) in [6.45, 7) is 2.03. The third kappa shape index (κ3) is 3.81. The van der Waals surface area contributed by atoms with Gasteiger partial charge in [0.15, 0.2) is 0 Å². The molecule has 1 aromatic rings. The van der Waals surface area contributed by atoms with Gasteiger partial charge in [-0.15, -0.1) is 0 Å². The molecule has 0 saturated heterocycles. The molecule has 0 aromatic carbocycles. The quantitative estimate of drug-likeness (QED) is 0.794. The van der Waals surface area contributed by atoms with Crippen LogP contribution < -0.4 is 5.32 Å². The summed E-state index contributed by atoms with van der Waals surface area (Å²) in [5.74, 6) is -0.391. The smallest absolute Gasteiger partial charge is 0.271 e. The maximum Gasteiger partial charge on any atom is 0.271 e. The summed E-state index contributed by atoms with van der Waals surface area (Å²) < 4.78 is 0. The van der Waals surface area contributed by atoms with E-state index in [2.05, 4.69) is 15.3 Å². The van der Waals surface area contributed by atoms with Gasteiger partial charge in [0, 0.05) is 6.54 Å². The Bertz CT molecular complexity index is 346. The predicted molar refractivity (Wildman–Crippen MR) is 55.7 cm³/mol. The third-order valence-electron chi connectivity index (χ3n) is 1.81. The van der Waals surface area contributed by atoms with Gasteiger partial charge in [-0.1, -0.05) is 18.5 Å². The maximum atomic E-state index is 11.4. The highest BCUT2D eigenvalue weighted by molar-refractivity contribution is 6.29. The number of carbonyl (C=O) groups excluding carboxylic acids is 1. The molecule has 6 heteroatoms. The maximum absolute atomic E-state index is 11.4. The molecule has 5 nitrogen and oxygen atoms in total. The van der Waals surface area contributed by atoms with Crippen LogP contribution in [-0.2, 0) is 0 Å². The Hall–Kier alpha value is -1.20. The van der Waals surface area contributed by atoms with Crippen LogP contribution in [0.4, 0.5) is 0 Å². The van der Waals surface area contributed by atoms with E-state index in [0.717, 1.165) is 0 Å². The monoisotopic (exact) mass is 229 g/mol. The highest BCUT2D eigenvalue weighted by Gasteiger charge is 2.09. The number of amides is 1. The van der Waals surface area contributed by atoms with Gasteiger partial charge in [-0.2, -0.15) is 0 Å². The van der Waals surface area contributed by atoms with Gasteiger partial charge < -0.3 is 10.4 Å². The van der Waals surface area contributed by atoms with Crippen molar-refractivity contribution in [2.24, 2.45) is 0 Å². The van der Waals surface area contributed by atoms with Gasteiger partial charge in [-0.25, -0.2) is 4.98 Å². The average Bonchev–Trinajstić information content (AvgIpc) is 2.25. The van der Waals surface area contributed by atoms with Crippen LogP contribution in [0.15, 0.2) is 12.4 Å². The number of carbonyl (C=O) groups is 1. The summed E-state index contributed by atoms with van der Waals surface area (Å²) in [7, 11) is 0. The number of nitrogens with zero attached hydrogens (tertiary/aromatic N) is 2. The Labute approximate surface area is 92.5 Å². The van der Waals surface area contributed by atoms with Gasteiger partial charge in [0.25, 0.3) is 5.91 Å². The molecule has 1 amide bonds. The highest BCUT2D eigenvalue weighted by atomic mass is 35.5. The lowest BCUT2D eigenvalue weighted by molar-refractivity contribution is 0.0908. The Morgan fingerprint density at radius 2 is 2.40 bits per heavy atom. The van der Waals surface area contributed by atoms with Gasteiger partial charge >= 0.3 is 0 Å². The van der Waals surface area contributed by atoms with E-state index in [1.807, 2.05) is 6.92 Å². The number of hydrogen-bond acceptors (Lipinski definition) is 4. The first-order valence-electron chi connectivity index (χ1n) is 4.57. The minimum absolute atomic E-state index is 0.144. The van der Waals surface area contributed by atoms with Crippen LogP contribution in [0.1, 0.15) is 23.8 Å². The Kier molecular flexibility index (Phi) is 4.45. The molecule has 82 valence electrons. The summed E-state index contributed by atoms with van der Waals surface area (Å²) in [6.07, 6.45) is 2.71. The SMILES string of the molecule is CCC(O)CNC(=O)c1cncc(Cl)n1. The molecule has 1 aromatic heterocycles. The second-order valence-electron chi connectivity index (χ2n) is 3.00. The van der Waals surface area contributed by atoms with E-state index < -0.39 is 12.0 Å². The lowest BCUT2D eigenvalue weighted by atomic mass is 10.3. The van der Waals surface area contributed by atoms with Gasteiger partial charge in [0.1, 0.15) is 10.8 Å². The van der Waals surface area contributed by atoms with Crippen LogP contribution in [0.3, 0.4) is 0 Å². The van der Waals surface area contributed by atoms with Gasteiger partial charge in [0.05, 0.1) is 18.5 Å². The Morgan fingerprint density at radius 1 is 1.67 bits per heavy atom. The molecule has 1 unspecified atom stereocenters. The minimum Gasteiger partial charge on any atom is -0.391 e. The fourth-order valence-corrected chi connectivity index (χ4v) is 1.04. The summed E-state index contributed by atoms with van der Waals surface area (Å²) in [6, 6.07) is 0. The molecular formula is C9H12ClN3O2. The second kappa shape index (κ2) is 5.63. The number of nitrogens with one attached hydrogen (secondary N) is 1. The molecule has 0 aliphatic rings. The first-order chi connectivity index (χ1) is 7.13. The van der Waals surface area contributed by atoms with Gasteiger partial charge in [-0.3, -0.25) is 9.78 Å². The van der Waals surface area contributed by atoms with E-state index >= 15 is 0 Å². The third-order valence-corrected chi connectivity index (χ3v) is 1.99. The van der Waals surface area contributed by atoms with E-state index in [-0.39, 0.29) is 17.4 Å². The summed E-state index contributed by atoms with van der Waals surface area (Å²) in [4.78, 5) is 19.0. The van der Waals surface area contributed by atoms with E-state index in [4.69, 9.17) is 11.6 Å². The van der Waals surface area contributed by atoms with Crippen molar-refractivity contribution in [2.75, 3.05) is 6.54 Å². The van der Waals surface area contributed by atoms with Crippen LogP contribution >= 0.6 is 11.6 Å². The molecule has 0 aliphatic carbocycles. The standard InChI is InChI=1S/C9H12ClN3O2/c1-2-6(14)3-12-9(15)7-4-11-5-8(10)13-7/h4-6,14H,2-3H2,1H3,(H,12,15). The molecule has 1 rings (SSSR count). The van der Waals surface area contributed by atoms with E-state index in [1.165, 1.54) is 12.4 Å². The van der Waals surface area contributed by atoms with Crippen molar-refractivity contribution in [3.63, 3.8) is 0 Å². The molecular weight excluding hydrogens is 218 g/mol. The molecule has 0 radical (unpaired) electrons. The zero-order valence-corrected chi connectivity index (χ0v) is 9.03. The van der Waals surface area contributed by atoms with Crippen LogP contribution in [0, 0.1) is 0 Å². The molecule has 0 bridgehead atoms. The largest absolute Gasteiger partial charge is 0.391 e. The number of rotatable bonds is 4. The Balaban J connectivity index is 2.54. The fourth-order valence-electron chi connectivity index (χ4n) is 0.897. The molecule has 1 heterocycles. The fraction of sp³-hybridized carbons (Fsp3) is 0.444. The zero-order chi connectivity index (χ0) is 11.3. The van der Waals surface area contributed by atoms with Crippen molar-refractivity contribution in [1.29, 1.82) is 0 Å². The van der Waals surface area contributed by atoms with Crippen molar-refractivity contribution in [3.05, 3.63) is 23.2 Å². The zero-order valence-electron chi connectivity index (χ0n) is 8.27. The number of halogens is 1. The number of aliphatic hydroxyl groups excluding tert-OH is 1. The van der Waals surface area contributed by atoms with Crippen molar-refractivity contribution in [3.8, 4) is 0 Å². The lowest BCUT2D eigenvalue weighted by Gasteiger charge is -2.08. The first kappa shape index (κ1) is 11.9. The summed E-state index contributed by atoms with van der Waals surface area (Å²) in [5.41, 5.74) is 0.144. The number of hydrogen-bond donors (Lipinski definition) is 2. The van der Waals surface area contributed by atoms with Crippen LogP contribution in [0.25, 0.3) is 0 Å². The van der Waals surface area contributed by atoms with Gasteiger partial charge in [0.2, 0.25) is 0 Å². The van der Waals surface area contributed by atoms with Crippen LogP contribution in [0.5, 0.6) is 0 Å². The molecule has 1 atom stereocenters. The van der Waals surface area contributed by atoms with E-state index in [0.29, 0.717) is 6.42 Å². The van der Waals surface area contributed by atoms with E-state index in [9.17, 15) is 9.90 Å². The number of aromatic nitrogens is 2. The number of aliphatic hydroxyl groups is 1. The predicted octanol–water partition coefficient (Wildman–Crippen LogP) is 0.631. The molecule has 0 aliphatic heterocycles. The lowest BCUT2D eigenvalue weighted by Crippen LogP contribution is -2.32. The summed E-state index contributed by atoms with van der Waals surface area (Å²) >= 11 is 5.58. The highest BCUT2D eigenvalue weighted by Crippen LogP contribution is 2.02. The molecule has 0 saturated carbocycles. The topological polar surface area (TPSA) is 75.1 Å². The molecule has 0 fully saturated rings. The van der Waals surface area contributed by atoms with Crippen molar-refractivity contribution in [1.82, 2.24) is 15.3 Å². The molecule has 0 spiro atoms. The summed E-state index contributed by atoms with van der Waals surface area (Å²) in [5, 5.41) is 11.9. The van der Waals surface area contributed by atoms with Crippen LogP contribution in [0.2, 0.25) is 5.15 Å². The van der Waals surface area contributed by atoms with Crippen LogP contribution in [-0.4, -0.2) is 33.6 Å². The van der Waals surface area contributed by atoms with Crippen molar-refractivity contribution >= 4 is 17.5 Å². The average molecular weight is 230 g/mol. The van der Waals surface area contributed by atoms with Crippen molar-refractivity contribution in [2.45, 2.75) is 19.4 Å². The molecule has 2 N–H and O–H groups in total. The van der Waals surface area contributed by atoms with Crippen molar-refractivity contribution < 1.29 is 9.90 Å². The van der Waals surface area contributed by atoms with E-state index in [1.54, 1.807) is 0 Å². The first-order valence-corrected chi connectivity index (χ1v) is 4.95. The Morgan fingerprint density at radius 3 is 3.00 bits per heavy atom. The second-order valence-corrected chi connectivity index (χ2v) is 3.39.